The van der Waals surface area contributed by atoms with Gasteiger partial charge in [-0.2, -0.15) is 0 Å². The Labute approximate surface area is 162 Å². The number of rotatable bonds is 7. The molecule has 0 aliphatic heterocycles. The lowest BCUT2D eigenvalue weighted by Crippen LogP contribution is -2.51. The van der Waals surface area contributed by atoms with E-state index in [1.165, 1.54) is 19.3 Å². The van der Waals surface area contributed by atoms with Crippen LogP contribution in [-0.2, 0) is 23.2 Å². The third kappa shape index (κ3) is 4.22. The molecule has 0 N–H and O–H groups in total. The molecule has 1 heterocycles. The van der Waals surface area contributed by atoms with Crippen molar-refractivity contribution in [2.75, 3.05) is 6.54 Å². The highest BCUT2D eigenvalue weighted by Crippen LogP contribution is 2.33. The van der Waals surface area contributed by atoms with Crippen LogP contribution < -0.4 is 0 Å². The van der Waals surface area contributed by atoms with Gasteiger partial charge in [0.1, 0.15) is 6.54 Å². The number of hydrogen-bond acceptors (Lipinski definition) is 2. The van der Waals surface area contributed by atoms with Crippen LogP contribution in [0.4, 0.5) is 0 Å². The van der Waals surface area contributed by atoms with E-state index < -0.39 is 0 Å². The van der Waals surface area contributed by atoms with E-state index in [9.17, 15) is 9.59 Å². The topological polar surface area (TPSA) is 45.6 Å². The molecule has 3 fully saturated rings. The Kier molecular flexibility index (Phi) is 5.55. The fraction of sp³-hybridized carbons (Fsp3) is 0.727. The first-order chi connectivity index (χ1) is 13.1. The summed E-state index contributed by atoms with van der Waals surface area (Å²) in [6.45, 7) is 0.935. The summed E-state index contributed by atoms with van der Waals surface area (Å²) in [6, 6.07) is 4.74. The van der Waals surface area contributed by atoms with Crippen LogP contribution in [0.15, 0.2) is 18.3 Å². The predicted molar refractivity (Wildman–Crippen MR) is 105 cm³/mol. The monoisotopic (exact) mass is 371 g/mol. The Bertz CT molecular complexity index is 669. The zero-order chi connectivity index (χ0) is 18.8. The largest absolute Gasteiger partial charge is 0.353 e. The predicted octanol–water partition coefficient (Wildman–Crippen LogP) is 3.48. The first kappa shape index (κ1) is 18.6. The number of hydrogen-bond donors (Lipinski definition) is 0. The van der Waals surface area contributed by atoms with E-state index in [1.54, 1.807) is 0 Å². The van der Waals surface area contributed by atoms with Gasteiger partial charge in [-0.3, -0.25) is 9.59 Å². The molecule has 3 saturated carbocycles. The van der Waals surface area contributed by atoms with Gasteiger partial charge in [-0.25, -0.2) is 0 Å². The van der Waals surface area contributed by atoms with Crippen LogP contribution in [0.25, 0.3) is 0 Å². The summed E-state index contributed by atoms with van der Waals surface area (Å²) in [7, 11) is 2.03. The zero-order valence-electron chi connectivity index (χ0n) is 16.6. The molecule has 27 heavy (non-hydrogen) atoms. The average molecular weight is 372 g/mol. The molecule has 2 amide bonds. The molecule has 5 nitrogen and oxygen atoms in total. The summed E-state index contributed by atoms with van der Waals surface area (Å²) < 4.78 is 2.08. The highest BCUT2D eigenvalue weighted by atomic mass is 16.2. The number of carbonyl (C=O) groups excluding carboxylic acids is 2. The van der Waals surface area contributed by atoms with Crippen molar-refractivity contribution in [3.8, 4) is 0 Å². The summed E-state index contributed by atoms with van der Waals surface area (Å²) in [5.41, 5.74) is 1.16. The molecule has 1 aromatic heterocycles. The molecule has 0 saturated heterocycles. The summed E-state index contributed by atoms with van der Waals surface area (Å²) in [5.74, 6) is 0.551. The van der Waals surface area contributed by atoms with Crippen LogP contribution in [0.3, 0.4) is 0 Å². The average Bonchev–Trinajstić information content (AvgIpc) is 3.39. The first-order valence-corrected chi connectivity index (χ1v) is 10.8. The van der Waals surface area contributed by atoms with Crippen molar-refractivity contribution >= 4 is 11.8 Å². The molecule has 0 radical (unpaired) electrons. The van der Waals surface area contributed by atoms with E-state index in [0.29, 0.717) is 12.6 Å². The van der Waals surface area contributed by atoms with Crippen LogP contribution in [0.5, 0.6) is 0 Å². The Balaban J connectivity index is 1.47. The van der Waals surface area contributed by atoms with Crippen molar-refractivity contribution in [3.05, 3.63) is 24.0 Å². The van der Waals surface area contributed by atoms with E-state index in [-0.39, 0.29) is 30.3 Å². The Hall–Kier alpha value is -1.78. The third-order valence-corrected chi connectivity index (χ3v) is 6.75. The molecule has 148 valence electrons. The minimum absolute atomic E-state index is 0.136. The fourth-order valence-corrected chi connectivity index (χ4v) is 4.55. The van der Waals surface area contributed by atoms with Crippen molar-refractivity contribution in [2.45, 2.75) is 82.8 Å². The number of carbonyl (C=O) groups is 2. The minimum Gasteiger partial charge on any atom is -0.353 e. The second-order valence-electron chi connectivity index (χ2n) is 8.75. The molecule has 1 aromatic rings. The van der Waals surface area contributed by atoms with Gasteiger partial charge < -0.3 is 14.4 Å². The summed E-state index contributed by atoms with van der Waals surface area (Å²) in [6.07, 6.45) is 13.1. The molecule has 0 aromatic carbocycles. The third-order valence-electron chi connectivity index (χ3n) is 6.75. The van der Waals surface area contributed by atoms with Crippen molar-refractivity contribution in [1.82, 2.24) is 14.4 Å². The summed E-state index contributed by atoms with van der Waals surface area (Å²) in [5, 5.41) is 0. The number of amides is 2. The van der Waals surface area contributed by atoms with Gasteiger partial charge in [-0.05, 0) is 50.7 Å². The van der Waals surface area contributed by atoms with Crippen molar-refractivity contribution in [1.29, 1.82) is 0 Å². The molecular weight excluding hydrogens is 338 g/mol. The molecule has 0 atom stereocenters. The highest BCUT2D eigenvalue weighted by molar-refractivity contribution is 5.87. The summed E-state index contributed by atoms with van der Waals surface area (Å²) in [4.78, 5) is 30.4. The molecule has 4 rings (SSSR count). The maximum absolute atomic E-state index is 13.3. The van der Waals surface area contributed by atoms with Gasteiger partial charge in [0.2, 0.25) is 11.8 Å². The molecular formula is C22H33N3O2. The maximum atomic E-state index is 13.3. The number of aromatic nitrogens is 1. The molecule has 0 unspecified atom stereocenters. The highest BCUT2D eigenvalue weighted by Gasteiger charge is 2.38. The van der Waals surface area contributed by atoms with Gasteiger partial charge >= 0.3 is 0 Å². The van der Waals surface area contributed by atoms with E-state index in [1.807, 2.05) is 29.1 Å². The van der Waals surface area contributed by atoms with E-state index in [0.717, 1.165) is 50.6 Å². The van der Waals surface area contributed by atoms with Gasteiger partial charge in [-0.15, -0.1) is 0 Å². The molecule has 5 heteroatoms. The molecule has 3 aliphatic carbocycles. The Morgan fingerprint density at radius 2 is 1.67 bits per heavy atom. The van der Waals surface area contributed by atoms with Crippen molar-refractivity contribution in [2.24, 2.45) is 13.0 Å². The smallest absolute Gasteiger partial charge is 0.242 e. The van der Waals surface area contributed by atoms with Crippen LogP contribution in [0.1, 0.15) is 69.9 Å². The van der Waals surface area contributed by atoms with Crippen LogP contribution in [-0.4, -0.2) is 44.8 Å². The second kappa shape index (κ2) is 8.07. The van der Waals surface area contributed by atoms with E-state index >= 15 is 0 Å². The fourth-order valence-electron chi connectivity index (χ4n) is 4.55. The standard InChI is InChI=1S/C22H33N3O2/c1-23-14-6-11-20(23)15-24(19-12-13-19)21(26)16-25(18-9-3-2-4-10-18)22(27)17-7-5-8-17/h6,11,14,17-19H,2-5,7-10,12-13,15-16H2,1H3. The van der Waals surface area contributed by atoms with E-state index in [4.69, 9.17) is 0 Å². The maximum Gasteiger partial charge on any atom is 0.242 e. The van der Waals surface area contributed by atoms with Gasteiger partial charge in [0.25, 0.3) is 0 Å². The Morgan fingerprint density at radius 3 is 2.22 bits per heavy atom. The SMILES string of the molecule is Cn1cccc1CN(C(=O)CN(C(=O)C1CCC1)C1CCCCC1)C1CC1. The van der Waals surface area contributed by atoms with Gasteiger partial charge in [0.05, 0.1) is 6.54 Å². The van der Waals surface area contributed by atoms with Gasteiger partial charge in [0, 0.05) is 36.9 Å². The van der Waals surface area contributed by atoms with Crippen molar-refractivity contribution in [3.63, 3.8) is 0 Å². The molecule has 0 spiro atoms. The zero-order valence-corrected chi connectivity index (χ0v) is 16.6. The van der Waals surface area contributed by atoms with Crippen LogP contribution in [0, 0.1) is 5.92 Å². The lowest BCUT2D eigenvalue weighted by Gasteiger charge is -2.39. The number of aryl methyl sites for hydroxylation is 1. The van der Waals surface area contributed by atoms with Gasteiger partial charge in [0.15, 0.2) is 0 Å². The van der Waals surface area contributed by atoms with E-state index in [2.05, 4.69) is 10.6 Å². The number of nitrogens with zero attached hydrogens (tertiary/aromatic N) is 3. The van der Waals surface area contributed by atoms with Gasteiger partial charge in [-0.1, -0.05) is 25.7 Å². The lowest BCUT2D eigenvalue weighted by molar-refractivity contribution is -0.148. The Morgan fingerprint density at radius 1 is 0.963 bits per heavy atom. The second-order valence-corrected chi connectivity index (χ2v) is 8.75. The minimum atomic E-state index is 0.136. The quantitative estimate of drug-likeness (QED) is 0.737. The summed E-state index contributed by atoms with van der Waals surface area (Å²) >= 11 is 0. The normalized spacial score (nSPS) is 20.9. The van der Waals surface area contributed by atoms with Crippen LogP contribution in [0.2, 0.25) is 0 Å². The lowest BCUT2D eigenvalue weighted by atomic mass is 9.83. The van der Waals surface area contributed by atoms with Crippen LogP contribution >= 0.6 is 0 Å². The molecule has 3 aliphatic rings. The van der Waals surface area contributed by atoms with Crippen molar-refractivity contribution < 1.29 is 9.59 Å². The first-order valence-electron chi connectivity index (χ1n) is 10.8. The molecule has 0 bridgehead atoms.